The van der Waals surface area contributed by atoms with Crippen LogP contribution >= 0.6 is 0 Å². The Kier molecular flexibility index (Phi) is 5.63. The summed E-state index contributed by atoms with van der Waals surface area (Å²) >= 11 is 0. The second-order valence-electron chi connectivity index (χ2n) is 12.6. The van der Waals surface area contributed by atoms with Gasteiger partial charge in [-0.1, -0.05) is 32.4 Å². The first kappa shape index (κ1) is 26.7. The van der Waals surface area contributed by atoms with Gasteiger partial charge in [0.25, 0.3) is 0 Å². The number of Topliss-reactive ketones (excluding diaryl/α,β-unsaturated/α-hetero) is 2. The first-order chi connectivity index (χ1) is 16.5. The van der Waals surface area contributed by atoms with Crippen molar-refractivity contribution in [1.29, 1.82) is 0 Å². The van der Waals surface area contributed by atoms with Crippen LogP contribution in [0.5, 0.6) is 0 Å². The summed E-state index contributed by atoms with van der Waals surface area (Å²) in [4.78, 5) is 66.6. The number of methoxy groups -OCH3 is 1. The van der Waals surface area contributed by atoms with E-state index in [0.717, 1.165) is 13.2 Å². The number of esters is 2. The standard InChI is InChI=1S/C28H38O8/c1-15-13-18-24(5,28(22(33)35-8)21(32)26(7,34)20(31)25(15,28)6)11-9-17-23(3,4)19(36-16(2)30)10-12-27(17,18)14-29/h13-14,17-19,34H,9-12H2,1-8H3/t17-,18+,19-,24-,25+,26-,27+,28-/m0/s1. The number of aliphatic hydroxyl groups is 1. The van der Waals surface area contributed by atoms with Gasteiger partial charge in [0.05, 0.1) is 12.5 Å². The highest BCUT2D eigenvalue weighted by Gasteiger charge is 2.85. The zero-order valence-corrected chi connectivity index (χ0v) is 22.5. The van der Waals surface area contributed by atoms with Crippen LogP contribution in [-0.4, -0.2) is 53.7 Å². The second kappa shape index (κ2) is 7.59. The fourth-order valence-electron chi connectivity index (χ4n) is 9.19. The molecule has 0 heterocycles. The summed E-state index contributed by atoms with van der Waals surface area (Å²) in [5, 5.41) is 11.2. The van der Waals surface area contributed by atoms with Crippen molar-refractivity contribution < 1.29 is 38.6 Å². The molecule has 198 valence electrons. The molecule has 0 aliphatic heterocycles. The van der Waals surface area contributed by atoms with Gasteiger partial charge in [0, 0.05) is 17.8 Å². The van der Waals surface area contributed by atoms with E-state index in [0.29, 0.717) is 31.3 Å². The summed E-state index contributed by atoms with van der Waals surface area (Å²) in [5.41, 5.74) is -8.18. The van der Waals surface area contributed by atoms with Crippen molar-refractivity contribution in [3.8, 4) is 0 Å². The molecular formula is C28H38O8. The van der Waals surface area contributed by atoms with Crippen molar-refractivity contribution in [3.63, 3.8) is 0 Å². The molecule has 36 heavy (non-hydrogen) atoms. The van der Waals surface area contributed by atoms with Crippen molar-refractivity contribution in [3.05, 3.63) is 11.6 Å². The van der Waals surface area contributed by atoms with Crippen LogP contribution < -0.4 is 0 Å². The molecule has 0 saturated heterocycles. The van der Waals surface area contributed by atoms with E-state index in [1.54, 1.807) is 20.8 Å². The van der Waals surface area contributed by atoms with E-state index in [9.17, 15) is 29.1 Å². The molecule has 3 saturated carbocycles. The molecule has 4 rings (SSSR count). The number of carbonyl (C=O) groups is 5. The number of allylic oxidation sites excluding steroid dienone is 2. The van der Waals surface area contributed by atoms with Gasteiger partial charge in [-0.25, -0.2) is 0 Å². The van der Waals surface area contributed by atoms with E-state index in [1.165, 1.54) is 14.0 Å². The molecule has 0 spiro atoms. The lowest BCUT2D eigenvalue weighted by atomic mass is 9.34. The van der Waals surface area contributed by atoms with E-state index in [-0.39, 0.29) is 18.0 Å². The Labute approximate surface area is 212 Å². The average molecular weight is 503 g/mol. The number of hydrogen-bond acceptors (Lipinski definition) is 8. The minimum absolute atomic E-state index is 0.200. The lowest BCUT2D eigenvalue weighted by Gasteiger charge is -2.67. The number of ketones is 2. The molecule has 8 heteroatoms. The summed E-state index contributed by atoms with van der Waals surface area (Å²) in [6, 6.07) is 0. The van der Waals surface area contributed by atoms with Crippen LogP contribution in [0.4, 0.5) is 0 Å². The summed E-state index contributed by atoms with van der Waals surface area (Å²) in [5.74, 6) is -3.58. The van der Waals surface area contributed by atoms with Crippen LogP contribution in [0.15, 0.2) is 11.6 Å². The molecule has 0 radical (unpaired) electrons. The highest BCUT2D eigenvalue weighted by atomic mass is 16.5. The van der Waals surface area contributed by atoms with Crippen molar-refractivity contribution in [1.82, 2.24) is 0 Å². The molecule has 0 bridgehead atoms. The SMILES string of the molecule is COC(=O)[C@]12C(=O)[C@@](C)(O)C(=O)[C@@]1(C)C(C)=C[C@H]1[C@@]3(C=O)CC[C@H](OC(C)=O)C(C)(C)[C@@H]3CC[C@@]12C. The molecule has 8 nitrogen and oxygen atoms in total. The van der Waals surface area contributed by atoms with Gasteiger partial charge in [0.1, 0.15) is 12.4 Å². The van der Waals surface area contributed by atoms with Gasteiger partial charge in [0.15, 0.2) is 22.6 Å². The molecule has 0 aromatic carbocycles. The molecule has 0 aromatic heterocycles. The third-order valence-electron chi connectivity index (χ3n) is 10.9. The van der Waals surface area contributed by atoms with Gasteiger partial charge >= 0.3 is 11.9 Å². The van der Waals surface area contributed by atoms with Gasteiger partial charge in [0.2, 0.25) is 0 Å². The van der Waals surface area contributed by atoms with E-state index in [4.69, 9.17) is 9.47 Å². The molecule has 0 aromatic rings. The minimum atomic E-state index is -2.37. The number of carbonyl (C=O) groups excluding carboxylic acids is 5. The molecule has 1 N–H and O–H groups in total. The summed E-state index contributed by atoms with van der Waals surface area (Å²) in [7, 11) is 1.18. The first-order valence-electron chi connectivity index (χ1n) is 12.7. The van der Waals surface area contributed by atoms with Crippen LogP contribution in [0.1, 0.15) is 74.1 Å². The van der Waals surface area contributed by atoms with Crippen LogP contribution in [0.2, 0.25) is 0 Å². The number of aldehydes is 1. The quantitative estimate of drug-likeness (QED) is 0.270. The predicted molar refractivity (Wildman–Crippen MR) is 128 cm³/mol. The largest absolute Gasteiger partial charge is 0.468 e. The second-order valence-corrected chi connectivity index (χ2v) is 12.6. The molecular weight excluding hydrogens is 464 g/mol. The van der Waals surface area contributed by atoms with Crippen molar-refractivity contribution >= 4 is 29.8 Å². The summed E-state index contributed by atoms with van der Waals surface area (Å²) < 4.78 is 10.9. The topological polar surface area (TPSA) is 124 Å². The van der Waals surface area contributed by atoms with Gasteiger partial charge in [-0.2, -0.15) is 0 Å². The lowest BCUT2D eigenvalue weighted by Crippen LogP contribution is -2.70. The fourth-order valence-corrected chi connectivity index (χ4v) is 9.19. The van der Waals surface area contributed by atoms with E-state index < -0.39 is 56.1 Å². The molecule has 0 unspecified atom stereocenters. The average Bonchev–Trinajstić information content (AvgIpc) is 2.93. The molecule has 4 aliphatic carbocycles. The Balaban J connectivity index is 2.01. The Hall–Kier alpha value is -2.35. The number of fused-ring (bicyclic) bond motifs is 5. The molecule has 8 atom stereocenters. The maximum absolute atomic E-state index is 14.1. The van der Waals surface area contributed by atoms with Crippen LogP contribution in [-0.2, 0) is 33.4 Å². The smallest absolute Gasteiger partial charge is 0.321 e. The maximum Gasteiger partial charge on any atom is 0.321 e. The Morgan fingerprint density at radius 2 is 1.67 bits per heavy atom. The highest BCUT2D eigenvalue weighted by Crippen LogP contribution is 2.76. The zero-order chi connectivity index (χ0) is 27.3. The Morgan fingerprint density at radius 3 is 2.19 bits per heavy atom. The molecule has 4 aliphatic rings. The predicted octanol–water partition coefficient (Wildman–Crippen LogP) is 2.98. The third kappa shape index (κ3) is 2.61. The van der Waals surface area contributed by atoms with Gasteiger partial charge in [-0.15, -0.1) is 0 Å². The van der Waals surface area contributed by atoms with Gasteiger partial charge in [-0.05, 0) is 63.7 Å². The van der Waals surface area contributed by atoms with Gasteiger partial charge < -0.3 is 19.4 Å². The lowest BCUT2D eigenvalue weighted by molar-refractivity contribution is -0.217. The third-order valence-corrected chi connectivity index (χ3v) is 10.9. The van der Waals surface area contributed by atoms with Crippen molar-refractivity contribution in [2.24, 2.45) is 38.9 Å². The Bertz CT molecular complexity index is 1100. The summed E-state index contributed by atoms with van der Waals surface area (Å²) in [6.07, 6.45) is 4.16. The summed E-state index contributed by atoms with van der Waals surface area (Å²) in [6.45, 7) is 11.6. The Morgan fingerprint density at radius 1 is 1.06 bits per heavy atom. The maximum atomic E-state index is 14.1. The molecule has 0 amide bonds. The molecule has 3 fully saturated rings. The number of rotatable bonds is 3. The zero-order valence-electron chi connectivity index (χ0n) is 22.5. The van der Waals surface area contributed by atoms with E-state index in [1.807, 2.05) is 19.9 Å². The highest BCUT2D eigenvalue weighted by molar-refractivity contribution is 6.30. The first-order valence-corrected chi connectivity index (χ1v) is 12.7. The van der Waals surface area contributed by atoms with Crippen LogP contribution in [0.25, 0.3) is 0 Å². The minimum Gasteiger partial charge on any atom is -0.468 e. The van der Waals surface area contributed by atoms with E-state index in [2.05, 4.69) is 0 Å². The fraction of sp³-hybridized carbons (Fsp3) is 0.750. The van der Waals surface area contributed by atoms with Crippen molar-refractivity contribution in [2.75, 3.05) is 7.11 Å². The van der Waals surface area contributed by atoms with Crippen molar-refractivity contribution in [2.45, 2.75) is 85.9 Å². The number of hydrogen-bond donors (Lipinski definition) is 1. The van der Waals surface area contributed by atoms with Crippen LogP contribution in [0, 0.1) is 38.9 Å². The van der Waals surface area contributed by atoms with E-state index >= 15 is 0 Å². The van der Waals surface area contributed by atoms with Crippen LogP contribution in [0.3, 0.4) is 0 Å². The van der Waals surface area contributed by atoms with Gasteiger partial charge in [-0.3, -0.25) is 19.2 Å². The normalized spacial score (nSPS) is 47.1. The number of ether oxygens (including phenoxy) is 2. The monoisotopic (exact) mass is 502 g/mol.